The maximum atomic E-state index is 11.2. The minimum atomic E-state index is -4.76. The Hall–Kier alpha value is -2.69. The Bertz CT molecular complexity index is 1250. The average molecular weight is 587 g/mol. The average Bonchev–Trinajstić information content (AvgIpc) is 2.81. The van der Waals surface area contributed by atoms with Gasteiger partial charge in [-0.05, 0) is 29.8 Å². The molecule has 186 valence electrons. The Kier molecular flexibility index (Phi) is 10.5. The van der Waals surface area contributed by atoms with Gasteiger partial charge < -0.3 is 9.84 Å². The first-order chi connectivity index (χ1) is 16.5. The summed E-state index contributed by atoms with van der Waals surface area (Å²) in [6, 6.07) is 14.0. The van der Waals surface area contributed by atoms with Crippen molar-refractivity contribution in [3.05, 3.63) is 75.9 Å². The fourth-order valence-electron chi connectivity index (χ4n) is 2.74. The summed E-state index contributed by atoms with van der Waals surface area (Å²) in [5.41, 5.74) is 2.40. The molecule has 35 heavy (non-hydrogen) atoms. The van der Waals surface area contributed by atoms with Crippen molar-refractivity contribution in [1.82, 2.24) is 4.98 Å². The third-order valence-electron chi connectivity index (χ3n) is 4.31. The van der Waals surface area contributed by atoms with Crippen molar-refractivity contribution in [2.45, 2.75) is 13.5 Å². The van der Waals surface area contributed by atoms with E-state index in [1.807, 2.05) is 6.07 Å². The van der Waals surface area contributed by atoms with Crippen LogP contribution < -0.4 is 9.67 Å². The van der Waals surface area contributed by atoms with Crippen LogP contribution in [0.15, 0.2) is 54.6 Å². The van der Waals surface area contributed by atoms with Crippen LogP contribution in [0.4, 0.5) is 5.69 Å². The maximum Gasteiger partial charge on any atom is 0.356 e. The number of aromatic nitrogens is 1. The quantitative estimate of drug-likeness (QED) is 0.184. The van der Waals surface area contributed by atoms with Crippen LogP contribution in [-0.4, -0.2) is 52.6 Å². The molecule has 1 aromatic heterocycles. The Labute approximate surface area is 213 Å². The number of carboxylic acid groups (broad SMARTS) is 1. The first-order valence-corrected chi connectivity index (χ1v) is 13.8. The van der Waals surface area contributed by atoms with Crippen molar-refractivity contribution in [2.75, 3.05) is 12.4 Å². The summed E-state index contributed by atoms with van der Waals surface area (Å²) in [7, 11) is 1.58. The number of benzene rings is 2. The predicted octanol–water partition coefficient (Wildman–Crippen LogP) is 3.60. The van der Waals surface area contributed by atoms with E-state index < -0.39 is 20.1 Å². The van der Waals surface area contributed by atoms with E-state index in [9.17, 15) is 13.3 Å². The second-order valence-corrected chi connectivity index (χ2v) is 11.3. The molecule has 3 rings (SSSR count). The van der Waals surface area contributed by atoms with Crippen molar-refractivity contribution >= 4 is 59.3 Å². The Balaban J connectivity index is 0.000000258. The summed E-state index contributed by atoms with van der Waals surface area (Å²) in [6.07, 6.45) is 0. The van der Waals surface area contributed by atoms with E-state index in [-0.39, 0.29) is 21.0 Å². The third kappa shape index (κ3) is 8.19. The van der Waals surface area contributed by atoms with E-state index >= 15 is 0 Å². The number of methoxy groups -OCH3 is 1. The second kappa shape index (κ2) is 12.9. The van der Waals surface area contributed by atoms with Gasteiger partial charge in [-0.3, -0.25) is 0 Å². The topological polar surface area (TPSA) is 155 Å². The maximum absolute atomic E-state index is 11.2. The zero-order chi connectivity index (χ0) is 26.2. The molecule has 0 saturated heterocycles. The minimum Gasteiger partial charge on any atom is -0.476 e. The van der Waals surface area contributed by atoms with Crippen molar-refractivity contribution in [3.63, 3.8) is 0 Å². The molecule has 13 heteroatoms. The van der Waals surface area contributed by atoms with Gasteiger partial charge in [0.15, 0.2) is 5.69 Å². The molecule has 0 aliphatic rings. The summed E-state index contributed by atoms with van der Waals surface area (Å²) in [5, 5.41) is 20.4. The fraction of sp³-hybridized carbons (Fsp3) is 0.136. The number of carbonyl (C=O) groups excluding carboxylic acids is 1. The van der Waals surface area contributed by atoms with Crippen LogP contribution in [0.1, 0.15) is 23.0 Å². The number of aromatic carboxylic acids is 1. The summed E-state index contributed by atoms with van der Waals surface area (Å²) in [6.45, 7) is 1.72. The van der Waals surface area contributed by atoms with Crippen LogP contribution >= 0.6 is 23.2 Å². The fourth-order valence-corrected chi connectivity index (χ4v) is 4.40. The van der Waals surface area contributed by atoms with Gasteiger partial charge in [-0.1, -0.05) is 29.3 Å². The van der Waals surface area contributed by atoms with Gasteiger partial charge in [0.25, 0.3) is 0 Å². The van der Waals surface area contributed by atoms with Gasteiger partial charge in [0.05, 0.1) is 17.3 Å². The van der Waals surface area contributed by atoms with Gasteiger partial charge in [-0.25, -0.2) is 9.78 Å². The normalized spacial score (nSPS) is 12.2. The van der Waals surface area contributed by atoms with Gasteiger partial charge in [-0.15, -0.1) is 0 Å². The molecule has 0 saturated carbocycles. The van der Waals surface area contributed by atoms with Crippen LogP contribution in [-0.2, 0) is 23.8 Å². The Morgan fingerprint density at radius 2 is 1.69 bits per heavy atom. The minimum absolute atomic E-state index is 0.00438. The molecule has 2 aromatic carbocycles. The number of ether oxygens (including phenoxy) is 1. The van der Waals surface area contributed by atoms with E-state index in [2.05, 4.69) is 14.2 Å². The monoisotopic (exact) mass is 586 g/mol. The number of halogens is 2. The number of anilines is 1. The van der Waals surface area contributed by atoms with Crippen LogP contribution in [0, 0.1) is 0 Å². The molecular formula is C22H21AsCl2N2O8. The predicted molar refractivity (Wildman–Crippen MR) is 130 cm³/mol. The van der Waals surface area contributed by atoms with Crippen molar-refractivity contribution in [1.29, 1.82) is 0 Å². The van der Waals surface area contributed by atoms with E-state index in [1.165, 1.54) is 37.3 Å². The third-order valence-corrected chi connectivity index (χ3v) is 7.45. The van der Waals surface area contributed by atoms with Crippen LogP contribution in [0.3, 0.4) is 0 Å². The number of nitrogens with zero attached hydrogens (tertiary/aromatic N) is 1. The van der Waals surface area contributed by atoms with E-state index in [1.54, 1.807) is 25.3 Å². The van der Waals surface area contributed by atoms with Gasteiger partial charge in [0.1, 0.15) is 0 Å². The zero-order valence-corrected chi connectivity index (χ0v) is 21.8. The largest absolute Gasteiger partial charge is 0.476 e. The number of carbonyl (C=O) groups is 2. The summed E-state index contributed by atoms with van der Waals surface area (Å²) in [4.78, 5) is 25.8. The number of hydrogen-bond donors (Lipinski definition) is 4. The first kappa shape index (κ1) is 28.5. The summed E-state index contributed by atoms with van der Waals surface area (Å²) in [5.74, 6) is -1.40. The first-order valence-electron chi connectivity index (χ1n) is 9.70. The zero-order valence-electron chi connectivity index (χ0n) is 18.4. The number of amides is 1. The van der Waals surface area contributed by atoms with E-state index in [4.69, 9.17) is 42.4 Å². The molecule has 0 aliphatic heterocycles. The molecule has 3 aromatic rings. The van der Waals surface area contributed by atoms with Crippen molar-refractivity contribution < 1.29 is 36.4 Å². The molecule has 0 radical (unpaired) electrons. The Morgan fingerprint density at radius 1 is 1.06 bits per heavy atom. The number of pyridine rings is 1. The molecule has 1 atom stereocenters. The van der Waals surface area contributed by atoms with Gasteiger partial charge in [0, 0.05) is 17.7 Å². The number of rotatable bonds is 7. The molecule has 0 spiro atoms. The smallest absolute Gasteiger partial charge is 0.356 e. The van der Waals surface area contributed by atoms with Crippen LogP contribution in [0.2, 0.25) is 10.0 Å². The molecule has 1 heterocycles. The van der Waals surface area contributed by atoms with E-state index in [0.717, 1.165) is 11.1 Å². The molecule has 0 bridgehead atoms. The van der Waals surface area contributed by atoms with Crippen LogP contribution in [0.5, 0.6) is 0 Å². The van der Waals surface area contributed by atoms with Crippen molar-refractivity contribution in [2.24, 2.45) is 0 Å². The summed E-state index contributed by atoms with van der Waals surface area (Å²) < 4.78 is 28.9. The summed E-state index contributed by atoms with van der Waals surface area (Å²) >= 11 is 7.09. The molecule has 4 N–H and O–H groups in total. The number of nitrogens with one attached hydrogen (secondary N) is 1. The molecular weight excluding hydrogens is 566 g/mol. The van der Waals surface area contributed by atoms with Gasteiger partial charge >= 0.3 is 94.4 Å². The van der Waals surface area contributed by atoms with Gasteiger partial charge in [-0.2, -0.15) is 0 Å². The second-order valence-electron chi connectivity index (χ2n) is 6.90. The number of carboxylic acids is 1. The molecule has 0 aliphatic carbocycles. The standard InChI is InChI=1S/C14H11Cl2NO3.C8H10AsNO5/c1-20-7-9-6-8(2-3-10(9)15)12-5-4-11(16)13(17-12)14(18)19;1-6(11)10-8-4-2-7(3-5-8)9(12,13)15-14/h2-6H,7H2,1H3,(H,18,19);2-5,14H,1H3,(H,10,11)(H,12,13). The molecule has 0 fully saturated rings. The SMILES string of the molecule is CC(=O)Nc1ccc([As](=O)(O)OO)cc1.COCc1cc(-c2ccc(Cl)c(C(=O)O)n2)ccc1Cl. The van der Waals surface area contributed by atoms with Gasteiger partial charge in [0.2, 0.25) is 0 Å². The van der Waals surface area contributed by atoms with Crippen molar-refractivity contribution in [3.8, 4) is 11.3 Å². The number of hydrogen-bond acceptors (Lipinski definition) is 7. The van der Waals surface area contributed by atoms with E-state index in [0.29, 0.717) is 23.0 Å². The van der Waals surface area contributed by atoms with Crippen LogP contribution in [0.25, 0.3) is 11.3 Å². The Morgan fingerprint density at radius 3 is 2.23 bits per heavy atom. The molecule has 10 nitrogen and oxygen atoms in total. The molecule has 1 unspecified atom stereocenters. The molecule has 1 amide bonds.